The summed E-state index contributed by atoms with van der Waals surface area (Å²) in [6, 6.07) is 2.03. The summed E-state index contributed by atoms with van der Waals surface area (Å²) < 4.78 is 0. The van der Waals surface area contributed by atoms with Gasteiger partial charge in [-0.1, -0.05) is 20.3 Å². The zero-order valence-corrected chi connectivity index (χ0v) is 9.62. The van der Waals surface area contributed by atoms with Gasteiger partial charge in [0, 0.05) is 6.54 Å². The van der Waals surface area contributed by atoms with Gasteiger partial charge >= 0.3 is 0 Å². The van der Waals surface area contributed by atoms with E-state index >= 15 is 0 Å². The van der Waals surface area contributed by atoms with E-state index in [0.29, 0.717) is 0 Å². The molecule has 3 heteroatoms. The SMILES string of the molecule is CCCCNC(=O)c1sccc1CC. The van der Waals surface area contributed by atoms with Gasteiger partial charge in [-0.15, -0.1) is 11.3 Å². The van der Waals surface area contributed by atoms with Crippen molar-refractivity contribution >= 4 is 17.2 Å². The van der Waals surface area contributed by atoms with Crippen LogP contribution in [0.25, 0.3) is 0 Å². The standard InChI is InChI=1S/C11H17NOS/c1-3-5-7-12-11(13)10-9(4-2)6-8-14-10/h6,8H,3-5,7H2,1-2H3,(H,12,13). The molecule has 2 nitrogen and oxygen atoms in total. The number of carbonyl (C=O) groups excluding carboxylic acids is 1. The highest BCUT2D eigenvalue weighted by Crippen LogP contribution is 2.16. The van der Waals surface area contributed by atoms with Gasteiger partial charge in [0.2, 0.25) is 0 Å². The first-order chi connectivity index (χ1) is 6.79. The van der Waals surface area contributed by atoms with Crippen molar-refractivity contribution in [3.63, 3.8) is 0 Å². The van der Waals surface area contributed by atoms with E-state index in [-0.39, 0.29) is 5.91 Å². The first-order valence-electron chi connectivity index (χ1n) is 5.14. The number of rotatable bonds is 5. The Morgan fingerprint density at radius 2 is 2.29 bits per heavy atom. The third-order valence-corrected chi connectivity index (χ3v) is 3.11. The van der Waals surface area contributed by atoms with Crippen LogP contribution < -0.4 is 5.32 Å². The van der Waals surface area contributed by atoms with E-state index in [2.05, 4.69) is 19.2 Å². The lowest BCUT2D eigenvalue weighted by molar-refractivity contribution is 0.0956. The van der Waals surface area contributed by atoms with E-state index in [1.54, 1.807) is 0 Å². The Morgan fingerprint density at radius 1 is 1.50 bits per heavy atom. The summed E-state index contributed by atoms with van der Waals surface area (Å²) in [7, 11) is 0. The molecular formula is C11H17NOS. The van der Waals surface area contributed by atoms with Crippen LogP contribution in [0.5, 0.6) is 0 Å². The molecule has 0 aromatic carbocycles. The molecule has 1 aromatic heterocycles. The second kappa shape index (κ2) is 5.81. The lowest BCUT2D eigenvalue weighted by Crippen LogP contribution is -2.24. The van der Waals surface area contributed by atoms with Crippen LogP contribution in [0.1, 0.15) is 41.9 Å². The van der Waals surface area contributed by atoms with Crippen molar-refractivity contribution in [2.75, 3.05) is 6.54 Å². The van der Waals surface area contributed by atoms with Gasteiger partial charge < -0.3 is 5.32 Å². The minimum absolute atomic E-state index is 0.0882. The van der Waals surface area contributed by atoms with Crippen molar-refractivity contribution in [3.8, 4) is 0 Å². The van der Waals surface area contributed by atoms with Gasteiger partial charge in [-0.05, 0) is 29.9 Å². The van der Waals surface area contributed by atoms with Crippen molar-refractivity contribution in [1.82, 2.24) is 5.32 Å². The number of carbonyl (C=O) groups is 1. The molecule has 0 aliphatic rings. The zero-order chi connectivity index (χ0) is 10.4. The van der Waals surface area contributed by atoms with Crippen LogP contribution in [0.15, 0.2) is 11.4 Å². The molecule has 0 aliphatic heterocycles. The summed E-state index contributed by atoms with van der Waals surface area (Å²) in [6.45, 7) is 4.98. The molecule has 1 rings (SSSR count). The molecule has 0 atom stereocenters. The average molecular weight is 211 g/mol. The number of unbranched alkanes of at least 4 members (excludes halogenated alkanes) is 1. The van der Waals surface area contributed by atoms with Crippen LogP contribution in [0, 0.1) is 0 Å². The fourth-order valence-corrected chi connectivity index (χ4v) is 2.18. The van der Waals surface area contributed by atoms with Crippen molar-refractivity contribution in [1.29, 1.82) is 0 Å². The van der Waals surface area contributed by atoms with Crippen molar-refractivity contribution < 1.29 is 4.79 Å². The first kappa shape index (κ1) is 11.2. The van der Waals surface area contributed by atoms with Gasteiger partial charge in [-0.3, -0.25) is 4.79 Å². The third-order valence-electron chi connectivity index (χ3n) is 2.15. The molecule has 0 radical (unpaired) electrons. The maximum atomic E-state index is 11.7. The van der Waals surface area contributed by atoms with Gasteiger partial charge in [0.15, 0.2) is 0 Å². The van der Waals surface area contributed by atoms with E-state index in [0.717, 1.165) is 36.2 Å². The van der Waals surface area contributed by atoms with E-state index in [1.165, 1.54) is 11.3 Å². The van der Waals surface area contributed by atoms with Crippen LogP contribution in [0.2, 0.25) is 0 Å². The quantitative estimate of drug-likeness (QED) is 0.745. The molecule has 1 heterocycles. The topological polar surface area (TPSA) is 29.1 Å². The van der Waals surface area contributed by atoms with Crippen LogP contribution >= 0.6 is 11.3 Å². The average Bonchev–Trinajstić information content (AvgIpc) is 2.65. The zero-order valence-electron chi connectivity index (χ0n) is 8.80. The molecule has 1 N–H and O–H groups in total. The largest absolute Gasteiger partial charge is 0.351 e. The molecule has 14 heavy (non-hydrogen) atoms. The Balaban J connectivity index is 2.51. The molecule has 0 fully saturated rings. The molecule has 0 unspecified atom stereocenters. The Hall–Kier alpha value is -0.830. The summed E-state index contributed by atoms with van der Waals surface area (Å²) in [5.74, 6) is 0.0882. The molecule has 0 aliphatic carbocycles. The fourth-order valence-electron chi connectivity index (χ4n) is 1.27. The first-order valence-corrected chi connectivity index (χ1v) is 6.02. The lowest BCUT2D eigenvalue weighted by atomic mass is 10.2. The predicted molar refractivity (Wildman–Crippen MR) is 60.9 cm³/mol. The highest BCUT2D eigenvalue weighted by molar-refractivity contribution is 7.12. The van der Waals surface area contributed by atoms with Crippen molar-refractivity contribution in [2.45, 2.75) is 33.1 Å². The van der Waals surface area contributed by atoms with Gasteiger partial charge in [0.25, 0.3) is 5.91 Å². The number of aryl methyl sites for hydroxylation is 1. The maximum Gasteiger partial charge on any atom is 0.261 e. The molecule has 0 saturated heterocycles. The second-order valence-electron chi connectivity index (χ2n) is 3.24. The number of amides is 1. The summed E-state index contributed by atoms with van der Waals surface area (Å²) in [5, 5.41) is 4.91. The Labute approximate surface area is 89.3 Å². The Kier molecular flexibility index (Phi) is 4.66. The normalized spacial score (nSPS) is 10.1. The lowest BCUT2D eigenvalue weighted by Gasteiger charge is -2.03. The highest BCUT2D eigenvalue weighted by Gasteiger charge is 2.10. The Bertz CT molecular complexity index is 293. The molecular weight excluding hydrogens is 194 g/mol. The minimum atomic E-state index is 0.0882. The molecule has 0 saturated carbocycles. The van der Waals surface area contributed by atoms with Crippen molar-refractivity contribution in [2.24, 2.45) is 0 Å². The maximum absolute atomic E-state index is 11.7. The van der Waals surface area contributed by atoms with Crippen LogP contribution in [0.3, 0.4) is 0 Å². The number of thiophene rings is 1. The van der Waals surface area contributed by atoms with Gasteiger partial charge in [0.05, 0.1) is 4.88 Å². The van der Waals surface area contributed by atoms with Crippen molar-refractivity contribution in [3.05, 3.63) is 21.9 Å². The molecule has 0 bridgehead atoms. The van der Waals surface area contributed by atoms with Gasteiger partial charge in [0.1, 0.15) is 0 Å². The smallest absolute Gasteiger partial charge is 0.261 e. The van der Waals surface area contributed by atoms with E-state index in [1.807, 2.05) is 11.4 Å². The van der Waals surface area contributed by atoms with Crippen LogP contribution in [-0.4, -0.2) is 12.5 Å². The molecule has 78 valence electrons. The summed E-state index contributed by atoms with van der Waals surface area (Å²) in [4.78, 5) is 12.5. The van der Waals surface area contributed by atoms with E-state index in [9.17, 15) is 4.79 Å². The van der Waals surface area contributed by atoms with Crippen LogP contribution in [-0.2, 0) is 6.42 Å². The number of nitrogens with one attached hydrogen (secondary N) is 1. The molecule has 0 spiro atoms. The number of hydrogen-bond donors (Lipinski definition) is 1. The third kappa shape index (κ3) is 2.84. The monoisotopic (exact) mass is 211 g/mol. The Morgan fingerprint density at radius 3 is 2.93 bits per heavy atom. The summed E-state index contributed by atoms with van der Waals surface area (Å²) >= 11 is 1.53. The van der Waals surface area contributed by atoms with Gasteiger partial charge in [-0.2, -0.15) is 0 Å². The van der Waals surface area contributed by atoms with Crippen LogP contribution in [0.4, 0.5) is 0 Å². The predicted octanol–water partition coefficient (Wildman–Crippen LogP) is 2.84. The summed E-state index contributed by atoms with van der Waals surface area (Å²) in [6.07, 6.45) is 3.10. The molecule has 1 aromatic rings. The number of hydrogen-bond acceptors (Lipinski definition) is 2. The minimum Gasteiger partial charge on any atom is -0.351 e. The highest BCUT2D eigenvalue weighted by atomic mass is 32.1. The molecule has 1 amide bonds. The summed E-state index contributed by atoms with van der Waals surface area (Å²) in [5.41, 5.74) is 1.16. The fraction of sp³-hybridized carbons (Fsp3) is 0.545. The second-order valence-corrected chi connectivity index (χ2v) is 4.15. The van der Waals surface area contributed by atoms with E-state index < -0.39 is 0 Å². The van der Waals surface area contributed by atoms with E-state index in [4.69, 9.17) is 0 Å². The van der Waals surface area contributed by atoms with Gasteiger partial charge in [-0.25, -0.2) is 0 Å².